The highest BCUT2D eigenvalue weighted by atomic mass is 35.5. The summed E-state index contributed by atoms with van der Waals surface area (Å²) in [5, 5.41) is 5.08. The van der Waals surface area contributed by atoms with Crippen molar-refractivity contribution >= 4 is 28.5 Å². The molecule has 0 saturated carbocycles. The van der Waals surface area contributed by atoms with E-state index < -0.39 is 11.4 Å². The lowest BCUT2D eigenvalue weighted by Gasteiger charge is -2.14. The van der Waals surface area contributed by atoms with Crippen LogP contribution in [0.4, 0.5) is 0 Å². The van der Waals surface area contributed by atoms with Crippen molar-refractivity contribution in [3.8, 4) is 11.4 Å². The SMILES string of the molecule is CCCOc1cccc2c1c(=O)c(C(=O)OC)nn2-c1ccc(Cl)cc1. The fraction of sp³-hybridized carbons (Fsp3) is 0.211. The first-order valence-corrected chi connectivity index (χ1v) is 8.47. The lowest BCUT2D eigenvalue weighted by atomic mass is 10.1. The second kappa shape index (κ2) is 7.58. The minimum atomic E-state index is -0.801. The zero-order valence-electron chi connectivity index (χ0n) is 14.4. The van der Waals surface area contributed by atoms with Crippen LogP contribution in [0.5, 0.6) is 5.75 Å². The van der Waals surface area contributed by atoms with Crippen LogP contribution in [0.3, 0.4) is 0 Å². The van der Waals surface area contributed by atoms with Gasteiger partial charge in [-0.2, -0.15) is 5.10 Å². The van der Waals surface area contributed by atoms with Gasteiger partial charge in [-0.15, -0.1) is 0 Å². The summed E-state index contributed by atoms with van der Waals surface area (Å²) in [6, 6.07) is 12.1. The molecule has 1 heterocycles. The number of benzene rings is 2. The van der Waals surface area contributed by atoms with Crippen LogP contribution in [0.15, 0.2) is 47.3 Å². The molecule has 3 aromatic rings. The lowest BCUT2D eigenvalue weighted by Crippen LogP contribution is -2.24. The minimum Gasteiger partial charge on any atom is -0.493 e. The van der Waals surface area contributed by atoms with Gasteiger partial charge in [-0.25, -0.2) is 9.48 Å². The number of carbonyl (C=O) groups is 1. The number of methoxy groups -OCH3 is 1. The van der Waals surface area contributed by atoms with Crippen molar-refractivity contribution in [2.24, 2.45) is 0 Å². The van der Waals surface area contributed by atoms with Crippen LogP contribution < -0.4 is 10.2 Å². The van der Waals surface area contributed by atoms with Gasteiger partial charge in [0.05, 0.1) is 30.3 Å². The van der Waals surface area contributed by atoms with Crippen molar-refractivity contribution in [1.29, 1.82) is 0 Å². The molecule has 0 atom stereocenters. The predicted molar refractivity (Wildman–Crippen MR) is 99.5 cm³/mol. The maximum atomic E-state index is 12.9. The Morgan fingerprint density at radius 3 is 2.58 bits per heavy atom. The first kappa shape index (κ1) is 17.9. The standard InChI is InChI=1S/C19H17ClN2O4/c1-3-11-26-15-6-4-5-14-16(15)18(23)17(19(24)25-2)21-22(14)13-9-7-12(20)8-10-13/h4-10H,3,11H2,1-2H3. The molecule has 134 valence electrons. The Kier molecular flexibility index (Phi) is 5.23. The van der Waals surface area contributed by atoms with Gasteiger partial charge < -0.3 is 9.47 Å². The number of aromatic nitrogens is 2. The van der Waals surface area contributed by atoms with Crippen molar-refractivity contribution < 1.29 is 14.3 Å². The molecule has 3 rings (SSSR count). The molecule has 26 heavy (non-hydrogen) atoms. The molecule has 0 aliphatic heterocycles. The average molecular weight is 373 g/mol. The first-order chi connectivity index (χ1) is 12.6. The van der Waals surface area contributed by atoms with Gasteiger partial charge in [0.15, 0.2) is 0 Å². The smallest absolute Gasteiger partial charge is 0.362 e. The molecule has 2 aromatic carbocycles. The van der Waals surface area contributed by atoms with E-state index in [4.69, 9.17) is 21.1 Å². The zero-order valence-corrected chi connectivity index (χ0v) is 15.1. The Morgan fingerprint density at radius 2 is 1.92 bits per heavy atom. The molecule has 0 unspecified atom stereocenters. The van der Waals surface area contributed by atoms with Crippen LogP contribution in [-0.4, -0.2) is 29.5 Å². The van der Waals surface area contributed by atoms with E-state index in [1.807, 2.05) is 6.92 Å². The number of ether oxygens (including phenoxy) is 2. The number of nitrogens with zero attached hydrogens (tertiary/aromatic N) is 2. The fourth-order valence-electron chi connectivity index (χ4n) is 2.58. The third-order valence-corrected chi connectivity index (χ3v) is 4.04. The van der Waals surface area contributed by atoms with E-state index in [2.05, 4.69) is 5.10 Å². The summed E-state index contributed by atoms with van der Waals surface area (Å²) in [6.45, 7) is 2.42. The predicted octanol–water partition coefficient (Wildman–Crippen LogP) is 3.61. The summed E-state index contributed by atoms with van der Waals surface area (Å²) < 4.78 is 11.9. The Hall–Kier alpha value is -2.86. The summed E-state index contributed by atoms with van der Waals surface area (Å²) in [6.07, 6.45) is 0.788. The third kappa shape index (κ3) is 3.28. The molecule has 6 nitrogen and oxygen atoms in total. The van der Waals surface area contributed by atoms with E-state index in [0.29, 0.717) is 28.6 Å². The van der Waals surface area contributed by atoms with Crippen LogP contribution in [0.1, 0.15) is 23.8 Å². The topological polar surface area (TPSA) is 70.4 Å². The molecule has 0 N–H and O–H groups in total. The molecule has 0 amide bonds. The summed E-state index contributed by atoms with van der Waals surface area (Å²) in [4.78, 5) is 25.0. The highest BCUT2D eigenvalue weighted by molar-refractivity contribution is 6.30. The number of halogens is 1. The lowest BCUT2D eigenvalue weighted by molar-refractivity contribution is 0.0590. The number of esters is 1. The Bertz CT molecular complexity index is 1010. The van der Waals surface area contributed by atoms with E-state index in [0.717, 1.165) is 6.42 Å². The number of hydrogen-bond acceptors (Lipinski definition) is 5. The molecule has 1 aromatic heterocycles. The van der Waals surface area contributed by atoms with Crippen molar-refractivity contribution in [1.82, 2.24) is 9.78 Å². The monoisotopic (exact) mass is 372 g/mol. The van der Waals surface area contributed by atoms with E-state index in [1.54, 1.807) is 42.5 Å². The van der Waals surface area contributed by atoms with Crippen LogP contribution in [-0.2, 0) is 4.74 Å². The summed E-state index contributed by atoms with van der Waals surface area (Å²) in [7, 11) is 1.21. The molecular weight excluding hydrogens is 356 g/mol. The Balaban J connectivity index is 2.36. The van der Waals surface area contributed by atoms with Gasteiger partial charge in [-0.05, 0) is 42.8 Å². The molecule has 0 aliphatic rings. The Labute approximate surface area is 154 Å². The molecule has 0 bridgehead atoms. The maximum absolute atomic E-state index is 12.9. The summed E-state index contributed by atoms with van der Waals surface area (Å²) in [5.41, 5.74) is 0.349. The molecule has 0 fully saturated rings. The highest BCUT2D eigenvalue weighted by Crippen LogP contribution is 2.25. The quantitative estimate of drug-likeness (QED) is 0.640. The van der Waals surface area contributed by atoms with Gasteiger partial charge in [-0.3, -0.25) is 4.79 Å². The molecule has 0 aliphatic carbocycles. The van der Waals surface area contributed by atoms with Crippen molar-refractivity contribution in [3.63, 3.8) is 0 Å². The molecule has 0 radical (unpaired) electrons. The summed E-state index contributed by atoms with van der Waals surface area (Å²) >= 11 is 5.96. The molecule has 0 saturated heterocycles. The van der Waals surface area contributed by atoms with Crippen molar-refractivity contribution in [2.75, 3.05) is 13.7 Å². The van der Waals surface area contributed by atoms with E-state index >= 15 is 0 Å². The van der Waals surface area contributed by atoms with Gasteiger partial charge in [-0.1, -0.05) is 24.6 Å². The van der Waals surface area contributed by atoms with Gasteiger partial charge in [0.1, 0.15) is 5.75 Å². The van der Waals surface area contributed by atoms with Crippen molar-refractivity contribution in [3.05, 3.63) is 63.4 Å². The van der Waals surface area contributed by atoms with Crippen LogP contribution in [0, 0.1) is 0 Å². The average Bonchev–Trinajstić information content (AvgIpc) is 2.66. The molecule has 7 heteroatoms. The zero-order chi connectivity index (χ0) is 18.7. The second-order valence-corrected chi connectivity index (χ2v) is 5.99. The minimum absolute atomic E-state index is 0.284. The van der Waals surface area contributed by atoms with E-state index in [-0.39, 0.29) is 11.1 Å². The number of fused-ring (bicyclic) bond motifs is 1. The number of rotatable bonds is 5. The van der Waals surface area contributed by atoms with Gasteiger partial charge in [0, 0.05) is 5.02 Å². The second-order valence-electron chi connectivity index (χ2n) is 5.56. The van der Waals surface area contributed by atoms with E-state index in [9.17, 15) is 9.59 Å². The summed E-state index contributed by atoms with van der Waals surface area (Å²) in [5.74, 6) is -0.394. The maximum Gasteiger partial charge on any atom is 0.362 e. The molecule has 0 spiro atoms. The Morgan fingerprint density at radius 1 is 1.19 bits per heavy atom. The van der Waals surface area contributed by atoms with Crippen LogP contribution in [0.2, 0.25) is 5.02 Å². The first-order valence-electron chi connectivity index (χ1n) is 8.10. The van der Waals surface area contributed by atoms with Crippen LogP contribution >= 0.6 is 11.6 Å². The van der Waals surface area contributed by atoms with E-state index in [1.165, 1.54) is 11.8 Å². The molecular formula is C19H17ClN2O4. The van der Waals surface area contributed by atoms with Gasteiger partial charge >= 0.3 is 5.97 Å². The number of carbonyl (C=O) groups excluding carboxylic acids is 1. The fourth-order valence-corrected chi connectivity index (χ4v) is 2.71. The van der Waals surface area contributed by atoms with Gasteiger partial charge in [0.25, 0.3) is 0 Å². The number of hydrogen-bond donors (Lipinski definition) is 0. The van der Waals surface area contributed by atoms with Crippen molar-refractivity contribution in [2.45, 2.75) is 13.3 Å². The van der Waals surface area contributed by atoms with Gasteiger partial charge in [0.2, 0.25) is 11.1 Å². The highest BCUT2D eigenvalue weighted by Gasteiger charge is 2.21. The third-order valence-electron chi connectivity index (χ3n) is 3.79. The normalized spacial score (nSPS) is 10.7. The van der Waals surface area contributed by atoms with Crippen LogP contribution in [0.25, 0.3) is 16.6 Å². The largest absolute Gasteiger partial charge is 0.493 e.